The molecular weight excluding hydrogens is 322 g/mol. The number of aromatic hydroxyl groups is 1. The van der Waals surface area contributed by atoms with E-state index in [1.165, 1.54) is 5.56 Å². The molecule has 3 aromatic rings. The molecule has 0 saturated heterocycles. The van der Waals surface area contributed by atoms with Crippen molar-refractivity contribution >= 4 is 11.5 Å². The third kappa shape index (κ3) is 3.21. The number of anilines is 1. The quantitative estimate of drug-likeness (QED) is 0.705. The minimum Gasteiger partial charge on any atom is -0.507 e. The molecule has 0 aromatic heterocycles. The highest BCUT2D eigenvalue weighted by Gasteiger charge is 2.22. The van der Waals surface area contributed by atoms with Gasteiger partial charge in [-0.2, -0.15) is 0 Å². The van der Waals surface area contributed by atoms with Gasteiger partial charge < -0.3 is 10.0 Å². The number of nitrogens with zero attached hydrogens (tertiary/aromatic N) is 1. The fraction of sp³-hybridized carbons (Fsp3) is 0.174. The van der Waals surface area contributed by atoms with Crippen LogP contribution in [0.25, 0.3) is 0 Å². The van der Waals surface area contributed by atoms with Crippen LogP contribution in [0.4, 0.5) is 5.69 Å². The van der Waals surface area contributed by atoms with Crippen LogP contribution in [0, 0.1) is 0 Å². The molecule has 130 valence electrons. The van der Waals surface area contributed by atoms with Gasteiger partial charge in [-0.05, 0) is 30.0 Å². The lowest BCUT2D eigenvalue weighted by molar-refractivity contribution is 0.103. The predicted molar refractivity (Wildman–Crippen MR) is 104 cm³/mol. The van der Waals surface area contributed by atoms with Crippen LogP contribution in [0.3, 0.4) is 0 Å². The molecule has 0 amide bonds. The van der Waals surface area contributed by atoms with Crippen LogP contribution in [0.1, 0.15) is 33.5 Å². The Labute approximate surface area is 153 Å². The van der Waals surface area contributed by atoms with Crippen molar-refractivity contribution < 1.29 is 9.90 Å². The number of fused-ring (bicyclic) bond motifs is 1. The fourth-order valence-electron chi connectivity index (χ4n) is 3.59. The van der Waals surface area contributed by atoms with Gasteiger partial charge in [0.1, 0.15) is 5.75 Å². The number of benzene rings is 3. The van der Waals surface area contributed by atoms with Gasteiger partial charge in [-0.3, -0.25) is 4.79 Å². The summed E-state index contributed by atoms with van der Waals surface area (Å²) in [6, 6.07) is 23.1. The smallest absolute Gasteiger partial charge is 0.196 e. The Hall–Kier alpha value is -3.07. The average Bonchev–Trinajstić information content (AvgIpc) is 2.69. The van der Waals surface area contributed by atoms with Crippen molar-refractivity contribution in [1.29, 1.82) is 0 Å². The third-order valence-electron chi connectivity index (χ3n) is 4.91. The van der Waals surface area contributed by atoms with Crippen molar-refractivity contribution in [3.05, 3.63) is 95.1 Å². The van der Waals surface area contributed by atoms with Gasteiger partial charge in [0.05, 0.1) is 5.56 Å². The van der Waals surface area contributed by atoms with E-state index < -0.39 is 0 Å². The maximum Gasteiger partial charge on any atom is 0.196 e. The Balaban J connectivity index is 1.67. The highest BCUT2D eigenvalue weighted by molar-refractivity contribution is 6.11. The number of phenolic OH excluding ortho intramolecular Hbond substituents is 1. The molecule has 1 aliphatic rings. The maximum absolute atomic E-state index is 12.8. The zero-order chi connectivity index (χ0) is 17.9. The SMILES string of the molecule is O=C(c1ccccc1)c1cc2c(cc1O)N(Cc1ccccc1)CCC2. The monoisotopic (exact) mass is 343 g/mol. The van der Waals surface area contributed by atoms with Gasteiger partial charge in [0.15, 0.2) is 5.78 Å². The summed E-state index contributed by atoms with van der Waals surface area (Å²) < 4.78 is 0. The van der Waals surface area contributed by atoms with Crippen molar-refractivity contribution in [3.8, 4) is 5.75 Å². The van der Waals surface area contributed by atoms with E-state index in [0.717, 1.165) is 37.2 Å². The van der Waals surface area contributed by atoms with E-state index in [1.807, 2.05) is 42.5 Å². The number of hydrogen-bond acceptors (Lipinski definition) is 3. The highest BCUT2D eigenvalue weighted by Crippen LogP contribution is 2.35. The molecule has 1 heterocycles. The molecule has 3 aromatic carbocycles. The fourth-order valence-corrected chi connectivity index (χ4v) is 3.59. The molecule has 0 radical (unpaired) electrons. The van der Waals surface area contributed by atoms with Crippen molar-refractivity contribution in [1.82, 2.24) is 0 Å². The first-order valence-electron chi connectivity index (χ1n) is 8.97. The summed E-state index contributed by atoms with van der Waals surface area (Å²) in [5.74, 6) is -0.0800. The topological polar surface area (TPSA) is 40.5 Å². The Morgan fingerprint density at radius 3 is 2.38 bits per heavy atom. The first-order chi connectivity index (χ1) is 12.7. The van der Waals surface area contributed by atoms with E-state index in [-0.39, 0.29) is 11.5 Å². The van der Waals surface area contributed by atoms with E-state index in [4.69, 9.17) is 0 Å². The molecular formula is C23H21NO2. The second kappa shape index (κ2) is 7.04. The van der Waals surface area contributed by atoms with Crippen LogP contribution in [0.2, 0.25) is 0 Å². The van der Waals surface area contributed by atoms with Gasteiger partial charge in [-0.25, -0.2) is 0 Å². The molecule has 0 unspecified atom stereocenters. The molecule has 26 heavy (non-hydrogen) atoms. The van der Waals surface area contributed by atoms with Crippen LogP contribution >= 0.6 is 0 Å². The number of ketones is 1. The Morgan fingerprint density at radius 2 is 1.65 bits per heavy atom. The molecule has 3 nitrogen and oxygen atoms in total. The van der Waals surface area contributed by atoms with E-state index in [1.54, 1.807) is 18.2 Å². The molecule has 0 bridgehead atoms. The van der Waals surface area contributed by atoms with Crippen molar-refractivity contribution in [2.24, 2.45) is 0 Å². The summed E-state index contributed by atoms with van der Waals surface area (Å²) in [5, 5.41) is 10.5. The van der Waals surface area contributed by atoms with Crippen molar-refractivity contribution in [2.45, 2.75) is 19.4 Å². The Morgan fingerprint density at radius 1 is 0.962 bits per heavy atom. The van der Waals surface area contributed by atoms with Gasteiger partial charge in [-0.1, -0.05) is 60.7 Å². The number of hydrogen-bond donors (Lipinski definition) is 1. The van der Waals surface area contributed by atoms with Crippen molar-refractivity contribution in [2.75, 3.05) is 11.4 Å². The normalized spacial score (nSPS) is 13.3. The van der Waals surface area contributed by atoms with Crippen molar-refractivity contribution in [3.63, 3.8) is 0 Å². The van der Waals surface area contributed by atoms with Gasteiger partial charge >= 0.3 is 0 Å². The molecule has 0 spiro atoms. The van der Waals surface area contributed by atoms with Crippen LogP contribution in [-0.4, -0.2) is 17.4 Å². The van der Waals surface area contributed by atoms with Gasteiger partial charge in [-0.15, -0.1) is 0 Å². The summed E-state index contributed by atoms with van der Waals surface area (Å²) in [7, 11) is 0. The molecule has 0 aliphatic carbocycles. The molecule has 1 aliphatic heterocycles. The molecule has 0 saturated carbocycles. The van der Waals surface area contributed by atoms with Crippen LogP contribution in [0.5, 0.6) is 5.75 Å². The van der Waals surface area contributed by atoms with Gasteiger partial charge in [0.25, 0.3) is 0 Å². The average molecular weight is 343 g/mol. The van der Waals surface area contributed by atoms with Gasteiger partial charge in [0, 0.05) is 30.4 Å². The van der Waals surface area contributed by atoms with Gasteiger partial charge in [0.2, 0.25) is 0 Å². The molecule has 0 fully saturated rings. The lowest BCUT2D eigenvalue weighted by atomic mass is 9.94. The number of aryl methyl sites for hydroxylation is 1. The maximum atomic E-state index is 12.8. The zero-order valence-corrected chi connectivity index (χ0v) is 14.6. The van der Waals surface area contributed by atoms with Crippen LogP contribution in [0.15, 0.2) is 72.8 Å². The number of rotatable bonds is 4. The lowest BCUT2D eigenvalue weighted by Crippen LogP contribution is -2.29. The van der Waals surface area contributed by atoms with E-state index in [2.05, 4.69) is 17.0 Å². The summed E-state index contributed by atoms with van der Waals surface area (Å²) >= 11 is 0. The first-order valence-corrected chi connectivity index (χ1v) is 8.97. The summed E-state index contributed by atoms with van der Waals surface area (Å²) in [5.41, 5.74) is 4.38. The molecule has 1 N–H and O–H groups in total. The minimum absolute atomic E-state index is 0.0533. The highest BCUT2D eigenvalue weighted by atomic mass is 16.3. The van der Waals surface area contributed by atoms with Crippen LogP contribution < -0.4 is 4.90 Å². The summed E-state index contributed by atoms with van der Waals surface area (Å²) in [6.45, 7) is 1.76. The van der Waals surface area contributed by atoms with E-state index in [9.17, 15) is 9.90 Å². The summed E-state index contributed by atoms with van der Waals surface area (Å²) in [6.07, 6.45) is 1.97. The van der Waals surface area contributed by atoms with E-state index >= 15 is 0 Å². The zero-order valence-electron chi connectivity index (χ0n) is 14.6. The second-order valence-electron chi connectivity index (χ2n) is 6.70. The third-order valence-corrected chi connectivity index (χ3v) is 4.91. The largest absolute Gasteiger partial charge is 0.507 e. The lowest BCUT2D eigenvalue weighted by Gasteiger charge is -2.32. The Bertz CT molecular complexity index is 920. The summed E-state index contributed by atoms with van der Waals surface area (Å²) in [4.78, 5) is 15.0. The van der Waals surface area contributed by atoms with Crippen LogP contribution in [-0.2, 0) is 13.0 Å². The second-order valence-corrected chi connectivity index (χ2v) is 6.70. The molecule has 0 atom stereocenters. The first kappa shape index (κ1) is 16.4. The molecule has 3 heteroatoms. The number of carbonyl (C=O) groups is 1. The predicted octanol–water partition coefficient (Wildman–Crippen LogP) is 4.58. The molecule has 4 rings (SSSR count). The standard InChI is InChI=1S/C23H21NO2/c25-22-15-21-19(14-20(22)23(26)18-10-5-2-6-11-18)12-7-13-24(21)16-17-8-3-1-4-9-17/h1-6,8-11,14-15,25H,7,12-13,16H2. The minimum atomic E-state index is -0.133. The number of carbonyl (C=O) groups excluding carboxylic acids is 1. The number of phenols is 1. The van der Waals surface area contributed by atoms with E-state index in [0.29, 0.717) is 11.1 Å². The Kier molecular flexibility index (Phi) is 4.44.